The van der Waals surface area contributed by atoms with Crippen molar-refractivity contribution in [3.63, 3.8) is 0 Å². The van der Waals surface area contributed by atoms with E-state index in [2.05, 4.69) is 43.1 Å². The summed E-state index contributed by atoms with van der Waals surface area (Å²) in [5.74, 6) is 1.64. The molecule has 26 heavy (non-hydrogen) atoms. The summed E-state index contributed by atoms with van der Waals surface area (Å²) in [6, 6.07) is 5.86. The lowest BCUT2D eigenvalue weighted by molar-refractivity contribution is 0.691. The van der Waals surface area contributed by atoms with Gasteiger partial charge in [0.25, 0.3) is 0 Å². The molecule has 0 saturated heterocycles. The van der Waals surface area contributed by atoms with Crippen LogP contribution in [-0.4, -0.2) is 38.6 Å². The first kappa shape index (κ1) is 18.3. The highest BCUT2D eigenvalue weighted by Gasteiger charge is 2.04. The number of guanidine groups is 1. The van der Waals surface area contributed by atoms with Gasteiger partial charge >= 0.3 is 0 Å². The molecule has 0 saturated carbocycles. The van der Waals surface area contributed by atoms with E-state index < -0.39 is 0 Å². The summed E-state index contributed by atoms with van der Waals surface area (Å²) in [5, 5.41) is 18.4. The molecule has 7 nitrogen and oxygen atoms in total. The van der Waals surface area contributed by atoms with Crippen LogP contribution in [0, 0.1) is 6.92 Å². The fourth-order valence-corrected chi connectivity index (χ4v) is 3.43. The van der Waals surface area contributed by atoms with Gasteiger partial charge in [-0.2, -0.15) is 0 Å². The van der Waals surface area contributed by atoms with Crippen LogP contribution >= 0.6 is 11.3 Å². The molecule has 2 N–H and O–H groups in total. The second-order valence-corrected chi connectivity index (χ2v) is 6.95. The van der Waals surface area contributed by atoms with E-state index in [1.165, 1.54) is 5.01 Å². The average Bonchev–Trinajstić information content (AvgIpc) is 3.25. The number of unbranched alkanes of at least 4 members (excludes halogenated alkanes) is 1. The topological polar surface area (TPSA) is 79.5 Å². The number of aromatic nitrogens is 4. The molecule has 3 rings (SSSR count). The lowest BCUT2D eigenvalue weighted by Crippen LogP contribution is -2.37. The van der Waals surface area contributed by atoms with E-state index >= 15 is 0 Å². The van der Waals surface area contributed by atoms with E-state index in [0.29, 0.717) is 6.54 Å². The van der Waals surface area contributed by atoms with Crippen LogP contribution in [0.25, 0.3) is 5.65 Å². The van der Waals surface area contributed by atoms with E-state index in [-0.39, 0.29) is 0 Å². The van der Waals surface area contributed by atoms with E-state index in [9.17, 15) is 0 Å². The summed E-state index contributed by atoms with van der Waals surface area (Å²) in [7, 11) is 0. The summed E-state index contributed by atoms with van der Waals surface area (Å²) in [6.45, 7) is 6.30. The van der Waals surface area contributed by atoms with Crippen LogP contribution in [0.5, 0.6) is 0 Å². The zero-order valence-electron chi connectivity index (χ0n) is 15.3. The Morgan fingerprint density at radius 1 is 1.23 bits per heavy atom. The average molecular weight is 372 g/mol. The van der Waals surface area contributed by atoms with Crippen molar-refractivity contribution in [3.8, 4) is 0 Å². The molecule has 0 aromatic carbocycles. The Morgan fingerprint density at radius 2 is 2.15 bits per heavy atom. The Hall–Kier alpha value is -2.48. The predicted octanol–water partition coefficient (Wildman–Crippen LogP) is 2.57. The molecule has 3 aromatic rings. The van der Waals surface area contributed by atoms with Crippen molar-refractivity contribution in [2.24, 2.45) is 4.99 Å². The molecule has 0 aliphatic heterocycles. The van der Waals surface area contributed by atoms with Gasteiger partial charge < -0.3 is 10.6 Å². The van der Waals surface area contributed by atoms with Gasteiger partial charge in [-0.1, -0.05) is 6.07 Å². The first-order valence-electron chi connectivity index (χ1n) is 8.98. The molecule has 8 heteroatoms. The van der Waals surface area contributed by atoms with Crippen molar-refractivity contribution < 1.29 is 0 Å². The summed E-state index contributed by atoms with van der Waals surface area (Å²) in [6.07, 6.45) is 5.20. The maximum Gasteiger partial charge on any atom is 0.191 e. The Kier molecular flexibility index (Phi) is 6.54. The molecule has 0 radical (unpaired) electrons. The molecule has 3 heterocycles. The Balaban J connectivity index is 1.47. The number of hydrogen-bond donors (Lipinski definition) is 2. The van der Waals surface area contributed by atoms with Gasteiger partial charge in [-0.3, -0.25) is 4.40 Å². The van der Waals surface area contributed by atoms with Crippen molar-refractivity contribution in [2.75, 3.05) is 13.1 Å². The second kappa shape index (κ2) is 9.28. The van der Waals surface area contributed by atoms with Crippen molar-refractivity contribution in [2.45, 2.75) is 39.7 Å². The van der Waals surface area contributed by atoms with Gasteiger partial charge in [-0.15, -0.1) is 21.5 Å². The van der Waals surface area contributed by atoms with Crippen LogP contribution in [-0.2, 0) is 13.0 Å². The molecular formula is C18H25N7S. The number of hydrogen-bond acceptors (Lipinski definition) is 5. The maximum absolute atomic E-state index is 4.63. The number of aliphatic imine (C=N–C) groups is 1. The van der Waals surface area contributed by atoms with Crippen LogP contribution in [0.2, 0.25) is 0 Å². The Bertz CT molecular complexity index is 852. The molecule has 3 aromatic heterocycles. The third-order valence-electron chi connectivity index (χ3n) is 3.88. The number of aryl methyl sites for hydroxylation is 2. The largest absolute Gasteiger partial charge is 0.357 e. The Labute approximate surface area is 157 Å². The number of fused-ring (bicyclic) bond motifs is 1. The molecule has 0 atom stereocenters. The minimum absolute atomic E-state index is 0.485. The minimum Gasteiger partial charge on any atom is -0.357 e. The van der Waals surface area contributed by atoms with Gasteiger partial charge in [-0.05, 0) is 45.2 Å². The zero-order chi connectivity index (χ0) is 18.2. The van der Waals surface area contributed by atoms with E-state index in [0.717, 1.165) is 55.5 Å². The number of nitrogens with zero attached hydrogens (tertiary/aromatic N) is 5. The third-order valence-corrected chi connectivity index (χ3v) is 4.91. The highest BCUT2D eigenvalue weighted by atomic mass is 32.1. The minimum atomic E-state index is 0.485. The molecule has 0 aliphatic carbocycles. The number of nitrogens with one attached hydrogen (secondary N) is 2. The molecule has 0 unspecified atom stereocenters. The molecule has 0 aliphatic rings. The molecule has 0 bridgehead atoms. The lowest BCUT2D eigenvalue weighted by Gasteiger charge is -2.10. The third kappa shape index (κ3) is 5.01. The molecule has 0 fully saturated rings. The van der Waals surface area contributed by atoms with Gasteiger partial charge in [0.2, 0.25) is 0 Å². The number of rotatable bonds is 8. The maximum atomic E-state index is 4.63. The van der Waals surface area contributed by atoms with Gasteiger partial charge in [0.1, 0.15) is 6.54 Å². The van der Waals surface area contributed by atoms with E-state index in [4.69, 9.17) is 0 Å². The zero-order valence-corrected chi connectivity index (χ0v) is 16.1. The van der Waals surface area contributed by atoms with Gasteiger partial charge in [0, 0.05) is 30.4 Å². The number of thiazole rings is 1. The fourth-order valence-electron chi connectivity index (χ4n) is 2.62. The van der Waals surface area contributed by atoms with Crippen molar-refractivity contribution in [1.82, 2.24) is 30.2 Å². The molecule has 138 valence electrons. The van der Waals surface area contributed by atoms with Crippen molar-refractivity contribution in [1.29, 1.82) is 0 Å². The van der Waals surface area contributed by atoms with Crippen molar-refractivity contribution >= 4 is 22.9 Å². The lowest BCUT2D eigenvalue weighted by atomic mass is 10.2. The highest BCUT2D eigenvalue weighted by molar-refractivity contribution is 7.09. The summed E-state index contributed by atoms with van der Waals surface area (Å²) in [4.78, 5) is 9.13. The molecular weight excluding hydrogens is 346 g/mol. The van der Waals surface area contributed by atoms with Crippen molar-refractivity contribution in [3.05, 3.63) is 46.3 Å². The summed E-state index contributed by atoms with van der Waals surface area (Å²) in [5.41, 5.74) is 1.96. The standard InChI is InChI=1S/C18H25N7S/c1-3-19-18(20-10-6-4-9-17-22-14(2)13-26-17)21-12-16-24-23-15-8-5-7-11-25(15)16/h5,7-8,11,13H,3-4,6,9-10,12H2,1-2H3,(H2,19,20,21). The highest BCUT2D eigenvalue weighted by Crippen LogP contribution is 2.11. The monoisotopic (exact) mass is 371 g/mol. The van der Waals surface area contributed by atoms with Crippen LogP contribution in [0.15, 0.2) is 34.8 Å². The first-order chi connectivity index (χ1) is 12.8. The molecule has 0 amide bonds. The van der Waals surface area contributed by atoms with Gasteiger partial charge in [0.15, 0.2) is 17.4 Å². The van der Waals surface area contributed by atoms with E-state index in [1.54, 1.807) is 11.3 Å². The smallest absolute Gasteiger partial charge is 0.191 e. The molecule has 0 spiro atoms. The van der Waals surface area contributed by atoms with Crippen LogP contribution in [0.4, 0.5) is 0 Å². The second-order valence-electron chi connectivity index (χ2n) is 6.01. The normalized spacial score (nSPS) is 11.8. The Morgan fingerprint density at radius 3 is 2.96 bits per heavy atom. The predicted molar refractivity (Wildman–Crippen MR) is 106 cm³/mol. The number of pyridine rings is 1. The van der Waals surface area contributed by atoms with Gasteiger partial charge in [0.05, 0.1) is 5.01 Å². The van der Waals surface area contributed by atoms with Crippen LogP contribution < -0.4 is 10.6 Å². The summed E-state index contributed by atoms with van der Waals surface area (Å²) >= 11 is 1.75. The van der Waals surface area contributed by atoms with Gasteiger partial charge in [-0.25, -0.2) is 9.98 Å². The van der Waals surface area contributed by atoms with Crippen LogP contribution in [0.1, 0.15) is 36.3 Å². The SMILES string of the molecule is CCNC(=NCc1nnc2ccccn12)NCCCCc1nc(C)cs1. The summed E-state index contributed by atoms with van der Waals surface area (Å²) < 4.78 is 1.96. The van der Waals surface area contributed by atoms with Crippen LogP contribution in [0.3, 0.4) is 0 Å². The van der Waals surface area contributed by atoms with E-state index in [1.807, 2.05) is 35.7 Å². The fraction of sp³-hybridized carbons (Fsp3) is 0.444. The quantitative estimate of drug-likeness (QED) is 0.361. The first-order valence-corrected chi connectivity index (χ1v) is 9.86.